The summed E-state index contributed by atoms with van der Waals surface area (Å²) >= 11 is 0. The fraction of sp³-hybridized carbons (Fsp3) is 0.636. The molecule has 9 heteroatoms. The van der Waals surface area contributed by atoms with E-state index >= 15 is 0 Å². The molecule has 31 heavy (non-hydrogen) atoms. The normalized spacial score (nSPS) is 25.2. The monoisotopic (exact) mass is 441 g/mol. The number of nitrogens with zero attached hydrogens (tertiary/aromatic N) is 1. The average Bonchev–Trinajstić information content (AvgIpc) is 3.19. The molecule has 1 aromatic carbocycles. The number of rotatable bonds is 5. The van der Waals surface area contributed by atoms with Crippen molar-refractivity contribution in [2.75, 3.05) is 13.1 Å². The molecule has 0 spiro atoms. The van der Waals surface area contributed by atoms with Gasteiger partial charge in [0.05, 0.1) is 5.56 Å². The number of hydrogen-bond donors (Lipinski definition) is 3. The van der Waals surface area contributed by atoms with E-state index in [9.17, 15) is 22.8 Å². The third-order valence-electron chi connectivity index (χ3n) is 6.34. The Morgan fingerprint density at radius 2 is 1.77 bits per heavy atom. The van der Waals surface area contributed by atoms with Gasteiger partial charge in [-0.05, 0) is 47.8 Å². The minimum atomic E-state index is -4.34. The van der Waals surface area contributed by atoms with Gasteiger partial charge in [0.25, 0.3) is 0 Å². The lowest BCUT2D eigenvalue weighted by Gasteiger charge is -2.31. The molecule has 3 rings (SSSR count). The molecule has 172 valence electrons. The molecule has 2 fully saturated rings. The molecule has 1 aliphatic heterocycles. The zero-order valence-electron chi connectivity index (χ0n) is 18.0. The summed E-state index contributed by atoms with van der Waals surface area (Å²) in [7, 11) is 0. The van der Waals surface area contributed by atoms with E-state index in [1.54, 1.807) is 0 Å². The van der Waals surface area contributed by atoms with Crippen molar-refractivity contribution in [3.8, 4) is 0 Å². The number of likely N-dealkylation sites (tertiary alicyclic amines) is 1. The van der Waals surface area contributed by atoms with Crippen LogP contribution < -0.4 is 10.6 Å². The van der Waals surface area contributed by atoms with Crippen molar-refractivity contribution >= 4 is 12.0 Å². The van der Waals surface area contributed by atoms with Crippen LogP contribution in [0.5, 0.6) is 0 Å². The van der Waals surface area contributed by atoms with Crippen LogP contribution in [0.1, 0.15) is 44.7 Å². The minimum Gasteiger partial charge on any atom is -0.465 e. The van der Waals surface area contributed by atoms with Crippen LogP contribution in [0.2, 0.25) is 0 Å². The van der Waals surface area contributed by atoms with Gasteiger partial charge in [0, 0.05) is 25.7 Å². The lowest BCUT2D eigenvalue weighted by atomic mass is 9.85. The molecule has 2 aliphatic rings. The number of carbonyl (C=O) groups excluding carboxylic acids is 1. The Morgan fingerprint density at radius 3 is 2.32 bits per heavy atom. The summed E-state index contributed by atoms with van der Waals surface area (Å²) in [6.07, 6.45) is -3.76. The first-order valence-electron chi connectivity index (χ1n) is 10.5. The second-order valence-corrected chi connectivity index (χ2v) is 9.75. The van der Waals surface area contributed by atoms with E-state index in [4.69, 9.17) is 5.11 Å². The Balaban J connectivity index is 1.59. The van der Waals surface area contributed by atoms with Crippen LogP contribution in [0, 0.1) is 17.3 Å². The molecule has 3 N–H and O–H groups in total. The highest BCUT2D eigenvalue weighted by atomic mass is 19.4. The van der Waals surface area contributed by atoms with Crippen molar-refractivity contribution in [3.63, 3.8) is 0 Å². The molecule has 1 aromatic rings. The lowest BCUT2D eigenvalue weighted by molar-refractivity contribution is -0.137. The van der Waals surface area contributed by atoms with Crippen molar-refractivity contribution in [2.45, 2.75) is 58.4 Å². The Bertz CT molecular complexity index is 805. The molecule has 1 aliphatic carbocycles. The van der Waals surface area contributed by atoms with E-state index in [0.29, 0.717) is 12.5 Å². The van der Waals surface area contributed by atoms with Crippen LogP contribution >= 0.6 is 0 Å². The van der Waals surface area contributed by atoms with Gasteiger partial charge in [-0.15, -0.1) is 0 Å². The third-order valence-corrected chi connectivity index (χ3v) is 6.34. The summed E-state index contributed by atoms with van der Waals surface area (Å²) in [4.78, 5) is 26.1. The SMILES string of the molecule is CC(C)(C)[C@H](NC(=O)O)C(=O)N[C@H]1CC[C@@H]2CN(Cc3ccc(C(F)(F)F)cc3)C[C@@H]21. The molecule has 0 radical (unpaired) electrons. The molecule has 0 bridgehead atoms. The van der Waals surface area contributed by atoms with Crippen molar-refractivity contribution < 1.29 is 27.9 Å². The van der Waals surface area contributed by atoms with Crippen LogP contribution in [-0.2, 0) is 17.5 Å². The van der Waals surface area contributed by atoms with Crippen molar-refractivity contribution in [1.29, 1.82) is 0 Å². The number of amides is 2. The van der Waals surface area contributed by atoms with E-state index in [-0.39, 0.29) is 17.9 Å². The Labute approximate surface area is 180 Å². The Kier molecular flexibility index (Phi) is 6.55. The number of halogens is 3. The number of alkyl halides is 3. The van der Waals surface area contributed by atoms with Gasteiger partial charge in [-0.25, -0.2) is 4.79 Å². The molecular formula is C22H30F3N3O3. The fourth-order valence-corrected chi connectivity index (χ4v) is 4.79. The molecule has 4 atom stereocenters. The molecule has 1 heterocycles. The Morgan fingerprint density at radius 1 is 1.13 bits per heavy atom. The van der Waals surface area contributed by atoms with E-state index in [0.717, 1.165) is 43.6 Å². The van der Waals surface area contributed by atoms with E-state index < -0.39 is 29.3 Å². The van der Waals surface area contributed by atoms with Crippen molar-refractivity contribution in [2.24, 2.45) is 17.3 Å². The second-order valence-electron chi connectivity index (χ2n) is 9.75. The summed E-state index contributed by atoms with van der Waals surface area (Å²) in [6, 6.07) is 4.36. The van der Waals surface area contributed by atoms with Crippen LogP contribution in [0.25, 0.3) is 0 Å². The van der Waals surface area contributed by atoms with Crippen LogP contribution in [-0.4, -0.2) is 47.2 Å². The van der Waals surface area contributed by atoms with Gasteiger partial charge in [0.1, 0.15) is 6.04 Å². The minimum absolute atomic E-state index is 0.0319. The zero-order chi connectivity index (χ0) is 23.0. The number of hydrogen-bond acceptors (Lipinski definition) is 3. The molecule has 6 nitrogen and oxygen atoms in total. The number of nitrogens with one attached hydrogen (secondary N) is 2. The fourth-order valence-electron chi connectivity index (χ4n) is 4.79. The van der Waals surface area contributed by atoms with E-state index in [2.05, 4.69) is 15.5 Å². The van der Waals surface area contributed by atoms with Crippen LogP contribution in [0.15, 0.2) is 24.3 Å². The van der Waals surface area contributed by atoms with E-state index in [1.165, 1.54) is 12.1 Å². The zero-order valence-corrected chi connectivity index (χ0v) is 18.0. The van der Waals surface area contributed by atoms with Gasteiger partial charge in [-0.1, -0.05) is 32.9 Å². The van der Waals surface area contributed by atoms with Gasteiger partial charge in [0.15, 0.2) is 0 Å². The average molecular weight is 441 g/mol. The topological polar surface area (TPSA) is 81.7 Å². The molecular weight excluding hydrogens is 411 g/mol. The number of benzene rings is 1. The third kappa shape index (κ3) is 5.70. The van der Waals surface area contributed by atoms with Gasteiger partial charge in [0.2, 0.25) is 5.91 Å². The molecule has 0 unspecified atom stereocenters. The molecule has 2 amide bonds. The predicted octanol–water partition coefficient (Wildman–Crippen LogP) is 3.71. The van der Waals surface area contributed by atoms with E-state index in [1.807, 2.05) is 20.8 Å². The Hall–Kier alpha value is -2.29. The summed E-state index contributed by atoms with van der Waals surface area (Å²) < 4.78 is 38.2. The largest absolute Gasteiger partial charge is 0.465 e. The van der Waals surface area contributed by atoms with Gasteiger partial charge >= 0.3 is 12.3 Å². The molecule has 1 saturated heterocycles. The smallest absolute Gasteiger partial charge is 0.416 e. The van der Waals surface area contributed by atoms with Crippen LogP contribution in [0.3, 0.4) is 0 Å². The summed E-state index contributed by atoms with van der Waals surface area (Å²) in [5.74, 6) is 0.353. The first-order valence-corrected chi connectivity index (χ1v) is 10.5. The number of fused-ring (bicyclic) bond motifs is 1. The van der Waals surface area contributed by atoms with Gasteiger partial charge < -0.3 is 15.7 Å². The van der Waals surface area contributed by atoms with Crippen molar-refractivity contribution in [3.05, 3.63) is 35.4 Å². The first-order chi connectivity index (χ1) is 14.3. The van der Waals surface area contributed by atoms with Crippen LogP contribution in [0.4, 0.5) is 18.0 Å². The summed E-state index contributed by atoms with van der Waals surface area (Å²) in [5, 5.41) is 14.5. The number of carbonyl (C=O) groups is 2. The highest BCUT2D eigenvalue weighted by Crippen LogP contribution is 2.39. The number of carboxylic acid groups (broad SMARTS) is 1. The maximum Gasteiger partial charge on any atom is 0.416 e. The second kappa shape index (κ2) is 8.68. The first kappa shape index (κ1) is 23.4. The maximum atomic E-state index is 12.8. The quantitative estimate of drug-likeness (QED) is 0.651. The van der Waals surface area contributed by atoms with Gasteiger partial charge in [-0.3, -0.25) is 9.69 Å². The highest BCUT2D eigenvalue weighted by Gasteiger charge is 2.44. The predicted molar refractivity (Wildman–Crippen MR) is 109 cm³/mol. The molecule has 0 aromatic heterocycles. The van der Waals surface area contributed by atoms with Gasteiger partial charge in [-0.2, -0.15) is 13.2 Å². The summed E-state index contributed by atoms with van der Waals surface area (Å²) in [5.41, 5.74) is -0.391. The maximum absolute atomic E-state index is 12.8. The summed E-state index contributed by atoms with van der Waals surface area (Å²) in [6.45, 7) is 7.60. The molecule has 1 saturated carbocycles. The lowest BCUT2D eigenvalue weighted by Crippen LogP contribution is -2.55. The van der Waals surface area contributed by atoms with Crippen molar-refractivity contribution in [1.82, 2.24) is 15.5 Å². The highest BCUT2D eigenvalue weighted by molar-refractivity contribution is 5.86. The standard InChI is InChI=1S/C22H30F3N3O3/c1-21(2,3)18(27-20(30)31)19(29)26-17-9-6-14-11-28(12-16(14)17)10-13-4-7-15(8-5-13)22(23,24)25/h4-5,7-8,14,16-18,27H,6,9-12H2,1-3H3,(H,26,29)(H,30,31)/t14-,16+,17+,18-/m1/s1.